The SMILES string of the molecule is CCC/C=C/c1ccc(C(=O)O)c(-c2ccc(CCCCC)cc2)c1. The van der Waals surface area contributed by atoms with Crippen molar-refractivity contribution < 1.29 is 9.90 Å². The molecule has 0 fully saturated rings. The normalized spacial score (nSPS) is 11.1. The zero-order valence-electron chi connectivity index (χ0n) is 15.3. The first kappa shape index (κ1) is 19.0. The largest absolute Gasteiger partial charge is 0.478 e. The predicted octanol–water partition coefficient (Wildman–Crippen LogP) is 6.60. The Morgan fingerprint density at radius 2 is 1.76 bits per heavy atom. The number of hydrogen-bond donors (Lipinski definition) is 1. The molecule has 0 bridgehead atoms. The molecular weight excluding hydrogens is 308 g/mol. The van der Waals surface area contributed by atoms with Crippen LogP contribution in [0.2, 0.25) is 0 Å². The minimum atomic E-state index is -0.883. The first-order valence-electron chi connectivity index (χ1n) is 9.29. The fraction of sp³-hybridized carbons (Fsp3) is 0.348. The highest BCUT2D eigenvalue weighted by molar-refractivity contribution is 5.96. The van der Waals surface area contributed by atoms with Crippen molar-refractivity contribution >= 4 is 12.0 Å². The summed E-state index contributed by atoms with van der Waals surface area (Å²) in [5.41, 5.74) is 4.45. The maximum atomic E-state index is 11.6. The predicted molar refractivity (Wildman–Crippen MR) is 106 cm³/mol. The number of aromatic carboxylic acids is 1. The van der Waals surface area contributed by atoms with Gasteiger partial charge < -0.3 is 5.11 Å². The molecule has 2 aromatic carbocycles. The summed E-state index contributed by atoms with van der Waals surface area (Å²) in [4.78, 5) is 11.6. The molecule has 1 N–H and O–H groups in total. The number of rotatable bonds is 9. The van der Waals surface area contributed by atoms with Crippen LogP contribution in [-0.4, -0.2) is 11.1 Å². The lowest BCUT2D eigenvalue weighted by atomic mass is 9.95. The van der Waals surface area contributed by atoms with Gasteiger partial charge in [0.1, 0.15) is 0 Å². The number of allylic oxidation sites excluding steroid dienone is 1. The van der Waals surface area contributed by atoms with Crippen LogP contribution < -0.4 is 0 Å². The maximum absolute atomic E-state index is 11.6. The average molecular weight is 336 g/mol. The molecule has 0 aromatic heterocycles. The average Bonchev–Trinajstić information content (AvgIpc) is 2.62. The molecule has 2 nitrogen and oxygen atoms in total. The Kier molecular flexibility index (Phi) is 7.46. The standard InChI is InChI=1S/C23H28O2/c1-3-5-7-9-18-11-14-20(15-12-18)22-17-19(10-8-6-4-2)13-16-21(22)23(24)25/h8,10-17H,3-7,9H2,1-2H3,(H,24,25)/b10-8+. The van der Waals surface area contributed by atoms with Crippen molar-refractivity contribution in [2.24, 2.45) is 0 Å². The van der Waals surface area contributed by atoms with Crippen LogP contribution in [0.15, 0.2) is 48.5 Å². The third-order valence-corrected chi connectivity index (χ3v) is 4.37. The Bertz CT molecular complexity index is 711. The van der Waals surface area contributed by atoms with Gasteiger partial charge in [-0.05, 0) is 53.6 Å². The molecule has 0 atom stereocenters. The Hall–Kier alpha value is -2.35. The summed E-state index contributed by atoms with van der Waals surface area (Å²) in [6.45, 7) is 4.35. The number of carboxylic acid groups (broad SMARTS) is 1. The monoisotopic (exact) mass is 336 g/mol. The van der Waals surface area contributed by atoms with E-state index >= 15 is 0 Å². The van der Waals surface area contributed by atoms with Crippen LogP contribution >= 0.6 is 0 Å². The van der Waals surface area contributed by atoms with Crippen LogP contribution in [0.5, 0.6) is 0 Å². The van der Waals surface area contributed by atoms with E-state index in [1.54, 1.807) is 6.07 Å². The fourth-order valence-electron chi connectivity index (χ4n) is 2.91. The van der Waals surface area contributed by atoms with E-state index < -0.39 is 5.97 Å². The van der Waals surface area contributed by atoms with Crippen LogP contribution in [0.25, 0.3) is 17.2 Å². The Morgan fingerprint density at radius 3 is 2.40 bits per heavy atom. The molecule has 0 aliphatic heterocycles. The van der Waals surface area contributed by atoms with Gasteiger partial charge in [0.15, 0.2) is 0 Å². The number of hydrogen-bond acceptors (Lipinski definition) is 1. The van der Waals surface area contributed by atoms with Crippen LogP contribution in [0.1, 0.15) is 67.4 Å². The summed E-state index contributed by atoms with van der Waals surface area (Å²) >= 11 is 0. The second kappa shape index (κ2) is 9.83. The lowest BCUT2D eigenvalue weighted by molar-refractivity contribution is 0.0697. The quantitative estimate of drug-likeness (QED) is 0.524. The summed E-state index contributed by atoms with van der Waals surface area (Å²) < 4.78 is 0. The summed E-state index contributed by atoms with van der Waals surface area (Å²) in [6.07, 6.45) is 11.1. The second-order valence-electron chi connectivity index (χ2n) is 6.46. The number of aryl methyl sites for hydroxylation is 1. The molecule has 0 heterocycles. The van der Waals surface area contributed by atoms with E-state index in [9.17, 15) is 9.90 Å². The second-order valence-corrected chi connectivity index (χ2v) is 6.46. The topological polar surface area (TPSA) is 37.3 Å². The van der Waals surface area contributed by atoms with Gasteiger partial charge in [-0.2, -0.15) is 0 Å². The van der Waals surface area contributed by atoms with Crippen molar-refractivity contribution in [3.63, 3.8) is 0 Å². The third kappa shape index (κ3) is 5.60. The van der Waals surface area contributed by atoms with E-state index in [4.69, 9.17) is 0 Å². The van der Waals surface area contributed by atoms with Crippen LogP contribution in [0.4, 0.5) is 0 Å². The molecule has 0 spiro atoms. The molecule has 0 unspecified atom stereocenters. The van der Waals surface area contributed by atoms with E-state index in [2.05, 4.69) is 38.1 Å². The summed E-state index contributed by atoms with van der Waals surface area (Å²) in [7, 11) is 0. The maximum Gasteiger partial charge on any atom is 0.336 e. The van der Waals surface area contributed by atoms with E-state index in [1.165, 1.54) is 24.8 Å². The molecule has 2 aromatic rings. The number of unbranched alkanes of at least 4 members (excludes halogenated alkanes) is 3. The fourth-order valence-corrected chi connectivity index (χ4v) is 2.91. The van der Waals surface area contributed by atoms with E-state index in [0.29, 0.717) is 5.56 Å². The van der Waals surface area contributed by atoms with Crippen molar-refractivity contribution in [2.45, 2.75) is 52.4 Å². The van der Waals surface area contributed by atoms with Crippen molar-refractivity contribution in [1.29, 1.82) is 0 Å². The molecule has 0 aliphatic rings. The Balaban J connectivity index is 2.28. The number of carbonyl (C=O) groups is 1. The van der Waals surface area contributed by atoms with Gasteiger partial charge in [0, 0.05) is 0 Å². The van der Waals surface area contributed by atoms with Crippen LogP contribution in [0, 0.1) is 0 Å². The van der Waals surface area contributed by atoms with Gasteiger partial charge in [0.25, 0.3) is 0 Å². The number of carboxylic acids is 1. The Morgan fingerprint density at radius 1 is 1.00 bits per heavy atom. The zero-order chi connectivity index (χ0) is 18.1. The molecule has 0 amide bonds. The first-order chi connectivity index (χ1) is 12.2. The van der Waals surface area contributed by atoms with E-state index in [-0.39, 0.29) is 0 Å². The van der Waals surface area contributed by atoms with Gasteiger partial charge in [0.2, 0.25) is 0 Å². The molecule has 0 aliphatic carbocycles. The lowest BCUT2D eigenvalue weighted by Gasteiger charge is -2.09. The molecule has 0 radical (unpaired) electrons. The minimum Gasteiger partial charge on any atom is -0.478 e. The zero-order valence-corrected chi connectivity index (χ0v) is 15.3. The molecule has 132 valence electrons. The highest BCUT2D eigenvalue weighted by Crippen LogP contribution is 2.27. The molecule has 0 saturated carbocycles. The van der Waals surface area contributed by atoms with Gasteiger partial charge in [-0.25, -0.2) is 4.79 Å². The first-order valence-corrected chi connectivity index (χ1v) is 9.29. The van der Waals surface area contributed by atoms with Gasteiger partial charge >= 0.3 is 5.97 Å². The summed E-state index contributed by atoms with van der Waals surface area (Å²) in [5.74, 6) is -0.883. The number of benzene rings is 2. The molecule has 2 heteroatoms. The van der Waals surface area contributed by atoms with Crippen molar-refractivity contribution in [3.05, 3.63) is 65.2 Å². The van der Waals surface area contributed by atoms with Crippen molar-refractivity contribution in [2.75, 3.05) is 0 Å². The molecule has 0 saturated heterocycles. The highest BCUT2D eigenvalue weighted by Gasteiger charge is 2.12. The smallest absolute Gasteiger partial charge is 0.336 e. The van der Waals surface area contributed by atoms with E-state index in [1.807, 2.05) is 24.3 Å². The lowest BCUT2D eigenvalue weighted by Crippen LogP contribution is -2.00. The van der Waals surface area contributed by atoms with E-state index in [0.717, 1.165) is 36.0 Å². The van der Waals surface area contributed by atoms with Gasteiger partial charge in [-0.1, -0.05) is 75.6 Å². The summed E-state index contributed by atoms with van der Waals surface area (Å²) in [5, 5.41) is 9.51. The van der Waals surface area contributed by atoms with Crippen LogP contribution in [-0.2, 0) is 6.42 Å². The van der Waals surface area contributed by atoms with Crippen molar-refractivity contribution in [3.8, 4) is 11.1 Å². The van der Waals surface area contributed by atoms with Gasteiger partial charge in [-0.15, -0.1) is 0 Å². The highest BCUT2D eigenvalue weighted by atomic mass is 16.4. The molecular formula is C23H28O2. The molecule has 2 rings (SSSR count). The molecule has 25 heavy (non-hydrogen) atoms. The van der Waals surface area contributed by atoms with Gasteiger partial charge in [0.05, 0.1) is 5.56 Å². The van der Waals surface area contributed by atoms with Crippen molar-refractivity contribution in [1.82, 2.24) is 0 Å². The summed E-state index contributed by atoms with van der Waals surface area (Å²) in [6, 6.07) is 13.9. The van der Waals surface area contributed by atoms with Crippen LogP contribution in [0.3, 0.4) is 0 Å². The van der Waals surface area contributed by atoms with Gasteiger partial charge in [-0.3, -0.25) is 0 Å². The Labute approximate surface area is 151 Å². The minimum absolute atomic E-state index is 0.353. The third-order valence-electron chi connectivity index (χ3n) is 4.37.